The molecule has 1 saturated carbocycles. The van der Waals surface area contributed by atoms with Crippen molar-refractivity contribution in [2.45, 2.75) is 39.7 Å². The summed E-state index contributed by atoms with van der Waals surface area (Å²) in [5, 5.41) is 6.85. The Balaban J connectivity index is 1.99. The summed E-state index contributed by atoms with van der Waals surface area (Å²) in [5.74, 6) is 0.208. The molecule has 1 fully saturated rings. The molecule has 1 aromatic heterocycles. The van der Waals surface area contributed by atoms with Crippen molar-refractivity contribution < 1.29 is 4.79 Å². The van der Waals surface area contributed by atoms with Crippen molar-refractivity contribution >= 4 is 28.2 Å². The summed E-state index contributed by atoms with van der Waals surface area (Å²) in [7, 11) is 0. The highest BCUT2D eigenvalue weighted by Gasteiger charge is 2.46. The second-order valence-corrected chi connectivity index (χ2v) is 6.38. The average Bonchev–Trinajstić information content (AvgIpc) is 2.72. The van der Waals surface area contributed by atoms with E-state index < -0.39 is 0 Å². The number of nitrogens with two attached hydrogens (primary N) is 1. The molecule has 6 heteroatoms. The van der Waals surface area contributed by atoms with Crippen molar-refractivity contribution in [2.75, 3.05) is 17.6 Å². The van der Waals surface area contributed by atoms with E-state index in [2.05, 4.69) is 36.4 Å². The van der Waals surface area contributed by atoms with Crippen LogP contribution in [0.3, 0.4) is 0 Å². The van der Waals surface area contributed by atoms with Crippen LogP contribution >= 0.6 is 11.3 Å². The molecule has 0 bridgehead atoms. The highest BCUT2D eigenvalue weighted by atomic mass is 32.1. The molecule has 4 N–H and O–H groups in total. The van der Waals surface area contributed by atoms with Crippen LogP contribution in [0.2, 0.25) is 0 Å². The minimum absolute atomic E-state index is 0.106. The number of anilines is 2. The molecule has 1 aromatic rings. The lowest BCUT2D eigenvalue weighted by atomic mass is 10.2. The van der Waals surface area contributed by atoms with Gasteiger partial charge < -0.3 is 16.4 Å². The van der Waals surface area contributed by atoms with E-state index in [0.29, 0.717) is 10.7 Å². The van der Waals surface area contributed by atoms with E-state index >= 15 is 0 Å². The smallest absolute Gasteiger partial charge is 0.265 e. The van der Waals surface area contributed by atoms with E-state index in [4.69, 9.17) is 5.73 Å². The molecule has 0 aromatic carbocycles. The average molecular weight is 268 g/mol. The van der Waals surface area contributed by atoms with Gasteiger partial charge in [-0.3, -0.25) is 4.79 Å². The van der Waals surface area contributed by atoms with E-state index in [9.17, 15) is 4.79 Å². The number of nitrogens with one attached hydrogen (secondary N) is 2. The normalized spacial score (nSPS) is 20.5. The summed E-state index contributed by atoms with van der Waals surface area (Å²) in [5.41, 5.74) is 6.00. The third-order valence-corrected chi connectivity index (χ3v) is 4.23. The zero-order valence-corrected chi connectivity index (χ0v) is 11.9. The van der Waals surface area contributed by atoms with Crippen LogP contribution in [0.1, 0.15) is 43.3 Å². The summed E-state index contributed by atoms with van der Waals surface area (Å²) in [6.07, 6.45) is 2.04. The van der Waals surface area contributed by atoms with Crippen LogP contribution < -0.4 is 16.4 Å². The summed E-state index contributed by atoms with van der Waals surface area (Å²) in [6, 6.07) is 0.263. The molecule has 0 saturated heterocycles. The second-order valence-electron chi connectivity index (χ2n) is 5.38. The lowest BCUT2D eigenvalue weighted by Crippen LogP contribution is -2.28. The minimum Gasteiger partial charge on any atom is -0.382 e. The molecule has 2 rings (SSSR count). The monoisotopic (exact) mass is 268 g/mol. The molecule has 1 aliphatic carbocycles. The summed E-state index contributed by atoms with van der Waals surface area (Å²) in [4.78, 5) is 16.7. The largest absolute Gasteiger partial charge is 0.382 e. The SMILES string of the molecule is CCCNc1nc(N)c(C(=O)NC2CC2(C)C)s1. The number of rotatable bonds is 5. The molecule has 18 heavy (non-hydrogen) atoms. The van der Waals surface area contributed by atoms with E-state index in [1.54, 1.807) is 0 Å². The summed E-state index contributed by atoms with van der Waals surface area (Å²) in [6.45, 7) is 7.20. The molecule has 1 atom stereocenters. The van der Waals surface area contributed by atoms with Crippen molar-refractivity contribution in [1.29, 1.82) is 0 Å². The lowest BCUT2D eigenvalue weighted by Gasteiger charge is -2.05. The fourth-order valence-corrected chi connectivity index (χ4v) is 2.55. The number of thiazole rings is 1. The number of amides is 1. The first-order valence-electron chi connectivity index (χ1n) is 6.25. The van der Waals surface area contributed by atoms with Crippen LogP contribution in [0.25, 0.3) is 0 Å². The Bertz CT molecular complexity index is 455. The zero-order chi connectivity index (χ0) is 13.3. The number of carbonyl (C=O) groups is 1. The third kappa shape index (κ3) is 2.75. The number of aromatic nitrogens is 1. The molecule has 1 unspecified atom stereocenters. The molecule has 1 amide bonds. The van der Waals surface area contributed by atoms with E-state index in [-0.39, 0.29) is 17.4 Å². The maximum absolute atomic E-state index is 12.0. The Morgan fingerprint density at radius 1 is 1.61 bits per heavy atom. The fourth-order valence-electron chi connectivity index (χ4n) is 1.74. The van der Waals surface area contributed by atoms with Crippen LogP contribution in [0.5, 0.6) is 0 Å². The molecule has 0 radical (unpaired) electrons. The maximum atomic E-state index is 12.0. The highest BCUT2D eigenvalue weighted by molar-refractivity contribution is 7.18. The van der Waals surface area contributed by atoms with Crippen LogP contribution in [-0.4, -0.2) is 23.5 Å². The van der Waals surface area contributed by atoms with Gasteiger partial charge in [0.05, 0.1) is 0 Å². The van der Waals surface area contributed by atoms with Crippen LogP contribution in [-0.2, 0) is 0 Å². The first-order chi connectivity index (χ1) is 8.44. The van der Waals surface area contributed by atoms with Crippen molar-refractivity contribution in [1.82, 2.24) is 10.3 Å². The minimum atomic E-state index is -0.106. The number of hydrogen-bond donors (Lipinski definition) is 3. The Kier molecular flexibility index (Phi) is 3.47. The number of nitrogens with zero attached hydrogens (tertiary/aromatic N) is 1. The Hall–Kier alpha value is -1.30. The summed E-state index contributed by atoms with van der Waals surface area (Å²) >= 11 is 1.32. The van der Waals surface area contributed by atoms with Crippen molar-refractivity contribution in [2.24, 2.45) is 5.41 Å². The van der Waals surface area contributed by atoms with Gasteiger partial charge in [0.25, 0.3) is 5.91 Å². The van der Waals surface area contributed by atoms with Gasteiger partial charge in [-0.2, -0.15) is 0 Å². The van der Waals surface area contributed by atoms with Crippen molar-refractivity contribution in [3.63, 3.8) is 0 Å². The molecular formula is C12H20N4OS. The Morgan fingerprint density at radius 3 is 2.83 bits per heavy atom. The van der Waals surface area contributed by atoms with Gasteiger partial charge in [-0.1, -0.05) is 32.1 Å². The molecule has 1 aliphatic rings. The zero-order valence-electron chi connectivity index (χ0n) is 11.0. The van der Waals surface area contributed by atoms with Gasteiger partial charge in [0.1, 0.15) is 10.7 Å². The Labute approximate surface area is 111 Å². The van der Waals surface area contributed by atoms with Gasteiger partial charge >= 0.3 is 0 Å². The number of hydrogen-bond acceptors (Lipinski definition) is 5. The van der Waals surface area contributed by atoms with Gasteiger partial charge in [0.2, 0.25) is 0 Å². The molecule has 0 aliphatic heterocycles. The number of carbonyl (C=O) groups excluding carboxylic acids is 1. The van der Waals surface area contributed by atoms with Gasteiger partial charge in [-0.05, 0) is 18.3 Å². The quantitative estimate of drug-likeness (QED) is 0.763. The first kappa shape index (κ1) is 13.1. The first-order valence-corrected chi connectivity index (χ1v) is 7.06. The van der Waals surface area contributed by atoms with E-state index in [1.165, 1.54) is 11.3 Å². The highest BCUT2D eigenvalue weighted by Crippen LogP contribution is 2.44. The molecule has 5 nitrogen and oxygen atoms in total. The maximum Gasteiger partial charge on any atom is 0.265 e. The predicted molar refractivity (Wildman–Crippen MR) is 75.0 cm³/mol. The van der Waals surface area contributed by atoms with Gasteiger partial charge in [0, 0.05) is 12.6 Å². The predicted octanol–water partition coefficient (Wildman–Crippen LogP) is 2.08. The molecular weight excluding hydrogens is 248 g/mol. The number of nitrogen functional groups attached to an aromatic ring is 1. The van der Waals surface area contributed by atoms with Crippen molar-refractivity contribution in [3.8, 4) is 0 Å². The van der Waals surface area contributed by atoms with Crippen molar-refractivity contribution in [3.05, 3.63) is 4.88 Å². The molecule has 100 valence electrons. The Morgan fingerprint density at radius 2 is 2.28 bits per heavy atom. The molecule has 1 heterocycles. The van der Waals surface area contributed by atoms with Crippen LogP contribution in [0.15, 0.2) is 0 Å². The standard InChI is InChI=1S/C12H20N4OS/c1-4-5-14-11-16-9(13)8(18-11)10(17)15-7-6-12(7,2)3/h7H,4-6,13H2,1-3H3,(H,14,16)(H,15,17). The molecule has 0 spiro atoms. The van der Waals surface area contributed by atoms with Crippen LogP contribution in [0, 0.1) is 5.41 Å². The van der Waals surface area contributed by atoms with E-state index in [1.807, 2.05) is 0 Å². The van der Waals surface area contributed by atoms with Gasteiger partial charge in [-0.15, -0.1) is 0 Å². The fraction of sp³-hybridized carbons (Fsp3) is 0.667. The van der Waals surface area contributed by atoms with Gasteiger partial charge in [-0.25, -0.2) is 4.98 Å². The topological polar surface area (TPSA) is 80.0 Å². The second kappa shape index (κ2) is 4.76. The summed E-state index contributed by atoms with van der Waals surface area (Å²) < 4.78 is 0. The third-order valence-electron chi connectivity index (χ3n) is 3.20. The van der Waals surface area contributed by atoms with E-state index in [0.717, 1.165) is 24.5 Å². The lowest BCUT2D eigenvalue weighted by molar-refractivity contribution is 0.0951. The van der Waals surface area contributed by atoms with Crippen LogP contribution in [0.4, 0.5) is 10.9 Å². The van der Waals surface area contributed by atoms with Gasteiger partial charge in [0.15, 0.2) is 5.13 Å².